The van der Waals surface area contributed by atoms with Crippen molar-refractivity contribution in [1.82, 2.24) is 23.9 Å². The minimum Gasteiger partial charge on any atom is -0.297 e. The molecule has 0 aromatic carbocycles. The van der Waals surface area contributed by atoms with Crippen LogP contribution in [0.2, 0.25) is 0 Å². The molecule has 2 aromatic heterocycles. The van der Waals surface area contributed by atoms with Gasteiger partial charge < -0.3 is 0 Å². The lowest BCUT2D eigenvalue weighted by Gasteiger charge is -2.09. The molecule has 18 heavy (non-hydrogen) atoms. The smallest absolute Gasteiger partial charge is 0.297 e. The van der Waals surface area contributed by atoms with Gasteiger partial charge in [-0.05, 0) is 27.7 Å². The maximum absolute atomic E-state index is 12.1. The molecule has 6 heteroatoms. The fourth-order valence-corrected chi connectivity index (χ4v) is 1.91. The summed E-state index contributed by atoms with van der Waals surface area (Å²) in [7, 11) is 0. The Labute approximate surface area is 106 Å². The minimum atomic E-state index is -0.0108. The van der Waals surface area contributed by atoms with Crippen molar-refractivity contribution >= 4 is 0 Å². The summed E-state index contributed by atoms with van der Waals surface area (Å²) in [5.74, 6) is 0.800. The van der Waals surface area contributed by atoms with Gasteiger partial charge in [-0.25, -0.2) is 14.5 Å². The molecule has 0 amide bonds. The van der Waals surface area contributed by atoms with Crippen molar-refractivity contribution in [1.29, 1.82) is 0 Å². The molecule has 0 bridgehead atoms. The SMILES string of the molecule is CC(C)n1ncnc1Cn1ccn(C(C)C)c1=O. The Kier molecular flexibility index (Phi) is 3.36. The van der Waals surface area contributed by atoms with Gasteiger partial charge in [0.25, 0.3) is 0 Å². The summed E-state index contributed by atoms with van der Waals surface area (Å²) in [5.41, 5.74) is -0.0108. The van der Waals surface area contributed by atoms with Gasteiger partial charge >= 0.3 is 5.69 Å². The lowest BCUT2D eigenvalue weighted by Crippen LogP contribution is -2.26. The summed E-state index contributed by atoms with van der Waals surface area (Å²) < 4.78 is 5.19. The van der Waals surface area contributed by atoms with E-state index in [1.807, 2.05) is 38.6 Å². The molecule has 2 heterocycles. The molecule has 0 fully saturated rings. The summed E-state index contributed by atoms with van der Waals surface area (Å²) in [6.45, 7) is 8.52. The van der Waals surface area contributed by atoms with E-state index in [4.69, 9.17) is 0 Å². The normalized spacial score (nSPS) is 11.7. The fraction of sp³-hybridized carbons (Fsp3) is 0.583. The predicted molar refractivity (Wildman–Crippen MR) is 68.6 cm³/mol. The monoisotopic (exact) mass is 249 g/mol. The van der Waals surface area contributed by atoms with Gasteiger partial charge in [0.05, 0.1) is 6.54 Å². The largest absolute Gasteiger partial charge is 0.328 e. The number of nitrogens with zero attached hydrogens (tertiary/aromatic N) is 5. The summed E-state index contributed by atoms with van der Waals surface area (Å²) in [6, 6.07) is 0.409. The van der Waals surface area contributed by atoms with E-state index in [2.05, 4.69) is 10.1 Å². The van der Waals surface area contributed by atoms with Gasteiger partial charge in [-0.3, -0.25) is 9.13 Å². The second-order valence-electron chi connectivity index (χ2n) is 4.92. The van der Waals surface area contributed by atoms with Gasteiger partial charge in [-0.15, -0.1) is 0 Å². The van der Waals surface area contributed by atoms with E-state index in [0.29, 0.717) is 6.54 Å². The van der Waals surface area contributed by atoms with Crippen molar-refractivity contribution < 1.29 is 0 Å². The molecule has 0 atom stereocenters. The van der Waals surface area contributed by atoms with Crippen LogP contribution < -0.4 is 5.69 Å². The van der Waals surface area contributed by atoms with Crippen molar-refractivity contribution in [3.63, 3.8) is 0 Å². The molecule has 0 N–H and O–H groups in total. The van der Waals surface area contributed by atoms with Crippen LogP contribution in [0.15, 0.2) is 23.5 Å². The lowest BCUT2D eigenvalue weighted by atomic mass is 10.4. The first-order chi connectivity index (χ1) is 8.50. The van der Waals surface area contributed by atoms with E-state index < -0.39 is 0 Å². The zero-order valence-electron chi connectivity index (χ0n) is 11.2. The first kappa shape index (κ1) is 12.6. The summed E-state index contributed by atoms with van der Waals surface area (Å²) in [6.07, 6.45) is 5.13. The Morgan fingerprint density at radius 3 is 2.44 bits per heavy atom. The molecule has 2 aromatic rings. The first-order valence-electron chi connectivity index (χ1n) is 6.16. The van der Waals surface area contributed by atoms with Crippen LogP contribution in [0, 0.1) is 0 Å². The number of hydrogen-bond acceptors (Lipinski definition) is 3. The maximum atomic E-state index is 12.1. The second-order valence-corrected chi connectivity index (χ2v) is 4.92. The molecule has 0 unspecified atom stereocenters. The van der Waals surface area contributed by atoms with Crippen molar-refractivity contribution in [3.8, 4) is 0 Å². The quantitative estimate of drug-likeness (QED) is 0.824. The number of imidazole rings is 1. The summed E-state index contributed by atoms with van der Waals surface area (Å²) >= 11 is 0. The molecular formula is C12H19N5O. The van der Waals surface area contributed by atoms with E-state index in [9.17, 15) is 4.79 Å². The average molecular weight is 249 g/mol. The van der Waals surface area contributed by atoms with Crippen molar-refractivity contribution in [3.05, 3.63) is 35.0 Å². The third-order valence-corrected chi connectivity index (χ3v) is 2.88. The molecule has 6 nitrogen and oxygen atoms in total. The van der Waals surface area contributed by atoms with Crippen molar-refractivity contribution in [2.75, 3.05) is 0 Å². The van der Waals surface area contributed by atoms with Crippen LogP contribution in [-0.4, -0.2) is 23.9 Å². The molecule has 0 radical (unpaired) electrons. The molecule has 2 rings (SSSR count). The van der Waals surface area contributed by atoms with Crippen molar-refractivity contribution in [2.45, 2.75) is 46.3 Å². The van der Waals surface area contributed by atoms with Gasteiger partial charge in [0.15, 0.2) is 0 Å². The zero-order valence-corrected chi connectivity index (χ0v) is 11.2. The standard InChI is InChI=1S/C12H19N5O/c1-9(2)16-6-5-15(12(16)18)7-11-13-8-14-17(11)10(3)4/h5-6,8-10H,7H2,1-4H3. The molecule has 0 spiro atoms. The van der Waals surface area contributed by atoms with E-state index in [1.165, 1.54) is 6.33 Å². The van der Waals surface area contributed by atoms with Gasteiger partial charge in [0, 0.05) is 24.5 Å². The molecule has 0 aliphatic heterocycles. The van der Waals surface area contributed by atoms with Crippen LogP contribution in [0.4, 0.5) is 0 Å². The Bertz CT molecular complexity index is 575. The van der Waals surface area contributed by atoms with E-state index in [1.54, 1.807) is 15.3 Å². The predicted octanol–water partition coefficient (Wildman–Crippen LogP) is 1.45. The zero-order chi connectivity index (χ0) is 13.3. The van der Waals surface area contributed by atoms with Gasteiger partial charge in [0.1, 0.15) is 12.2 Å². The Morgan fingerprint density at radius 2 is 1.89 bits per heavy atom. The highest BCUT2D eigenvalue weighted by molar-refractivity contribution is 4.92. The van der Waals surface area contributed by atoms with Gasteiger partial charge in [-0.1, -0.05) is 0 Å². The Balaban J connectivity index is 2.29. The average Bonchev–Trinajstić information content (AvgIpc) is 2.87. The van der Waals surface area contributed by atoms with Crippen LogP contribution >= 0.6 is 0 Å². The van der Waals surface area contributed by atoms with E-state index in [-0.39, 0.29) is 17.8 Å². The van der Waals surface area contributed by atoms with Crippen LogP contribution in [0.1, 0.15) is 45.6 Å². The van der Waals surface area contributed by atoms with Crippen LogP contribution in [0.3, 0.4) is 0 Å². The number of hydrogen-bond donors (Lipinski definition) is 0. The molecular weight excluding hydrogens is 230 g/mol. The molecule has 98 valence electrons. The van der Waals surface area contributed by atoms with Crippen LogP contribution in [0.25, 0.3) is 0 Å². The third-order valence-electron chi connectivity index (χ3n) is 2.88. The van der Waals surface area contributed by atoms with Crippen LogP contribution in [0.5, 0.6) is 0 Å². The Morgan fingerprint density at radius 1 is 1.17 bits per heavy atom. The minimum absolute atomic E-state index is 0.0108. The topological polar surface area (TPSA) is 57.6 Å². The number of aromatic nitrogens is 5. The molecule has 0 saturated carbocycles. The molecule has 0 aliphatic carbocycles. The summed E-state index contributed by atoms with van der Waals surface area (Å²) in [5, 5.41) is 4.17. The van der Waals surface area contributed by atoms with Gasteiger partial charge in [-0.2, -0.15) is 5.10 Å². The van der Waals surface area contributed by atoms with E-state index >= 15 is 0 Å². The first-order valence-corrected chi connectivity index (χ1v) is 6.16. The number of rotatable bonds is 4. The molecule has 0 aliphatic rings. The highest BCUT2D eigenvalue weighted by Crippen LogP contribution is 2.06. The highest BCUT2D eigenvalue weighted by Gasteiger charge is 2.11. The maximum Gasteiger partial charge on any atom is 0.328 e. The second kappa shape index (κ2) is 4.80. The fourth-order valence-electron chi connectivity index (χ4n) is 1.91. The lowest BCUT2D eigenvalue weighted by molar-refractivity contribution is 0.489. The van der Waals surface area contributed by atoms with E-state index in [0.717, 1.165) is 5.82 Å². The molecule has 0 saturated heterocycles. The third kappa shape index (κ3) is 2.23. The van der Waals surface area contributed by atoms with Crippen molar-refractivity contribution in [2.24, 2.45) is 0 Å². The van der Waals surface area contributed by atoms with Crippen LogP contribution in [-0.2, 0) is 6.54 Å². The Hall–Kier alpha value is -1.85. The summed E-state index contributed by atoms with van der Waals surface area (Å²) in [4.78, 5) is 16.3. The van der Waals surface area contributed by atoms with Gasteiger partial charge in [0.2, 0.25) is 0 Å². The highest BCUT2D eigenvalue weighted by atomic mass is 16.1.